The Morgan fingerprint density at radius 2 is 1.94 bits per heavy atom. The van der Waals surface area contributed by atoms with Gasteiger partial charge in [-0.1, -0.05) is 18.5 Å². The van der Waals surface area contributed by atoms with Gasteiger partial charge in [0.2, 0.25) is 5.71 Å². The molecule has 2 bridgehead atoms. The third-order valence-electron chi connectivity index (χ3n) is 7.09. The van der Waals surface area contributed by atoms with E-state index in [4.69, 9.17) is 21.8 Å². The fourth-order valence-corrected chi connectivity index (χ4v) is 5.54. The van der Waals surface area contributed by atoms with Crippen LogP contribution in [0.3, 0.4) is 0 Å². The van der Waals surface area contributed by atoms with Gasteiger partial charge in [0.25, 0.3) is 11.9 Å². The van der Waals surface area contributed by atoms with E-state index in [9.17, 15) is 4.79 Å². The minimum absolute atomic E-state index is 0.0804. The van der Waals surface area contributed by atoms with E-state index in [1.165, 1.54) is 4.80 Å². The molecule has 168 valence electrons. The van der Waals surface area contributed by atoms with Gasteiger partial charge in [-0.2, -0.15) is 20.0 Å². The summed E-state index contributed by atoms with van der Waals surface area (Å²) in [7, 11) is 0. The van der Waals surface area contributed by atoms with E-state index in [1.54, 1.807) is 30.6 Å². The second-order valence-corrected chi connectivity index (χ2v) is 9.36. The van der Waals surface area contributed by atoms with Crippen LogP contribution >= 0.6 is 11.6 Å². The van der Waals surface area contributed by atoms with Crippen molar-refractivity contribution in [2.45, 2.75) is 38.8 Å². The third kappa shape index (κ3) is 3.10. The first-order valence-electron chi connectivity index (χ1n) is 10.9. The molecule has 2 aliphatic heterocycles. The molecule has 0 radical (unpaired) electrons. The van der Waals surface area contributed by atoms with Crippen molar-refractivity contribution in [1.82, 2.24) is 29.9 Å². The molecule has 33 heavy (non-hydrogen) atoms. The number of oxazole rings is 1. The van der Waals surface area contributed by atoms with Gasteiger partial charge in [0.15, 0.2) is 0 Å². The topological polar surface area (TPSA) is 116 Å². The number of aryl methyl sites for hydroxylation is 1. The lowest BCUT2D eigenvalue weighted by molar-refractivity contribution is -0.0565. The molecule has 1 amide bonds. The normalized spacial score (nSPS) is 24.2. The second-order valence-electron chi connectivity index (χ2n) is 8.92. The first-order valence-corrected chi connectivity index (χ1v) is 11.3. The minimum atomic E-state index is -0.151. The smallest absolute Gasteiger partial charge is 0.294 e. The lowest BCUT2D eigenvalue weighted by Crippen LogP contribution is -2.59. The summed E-state index contributed by atoms with van der Waals surface area (Å²) in [6, 6.07) is 7.25. The van der Waals surface area contributed by atoms with Crippen LogP contribution in [0.5, 0.6) is 0 Å². The van der Waals surface area contributed by atoms with Crippen molar-refractivity contribution in [2.24, 2.45) is 11.8 Å². The number of benzene rings is 1. The Morgan fingerprint density at radius 1 is 1.18 bits per heavy atom. The van der Waals surface area contributed by atoms with Crippen molar-refractivity contribution in [2.75, 3.05) is 5.73 Å². The van der Waals surface area contributed by atoms with Crippen molar-refractivity contribution in [3.8, 4) is 5.69 Å². The average Bonchev–Trinajstić information content (AvgIpc) is 3.40. The van der Waals surface area contributed by atoms with Gasteiger partial charge < -0.3 is 15.1 Å². The van der Waals surface area contributed by atoms with Crippen LogP contribution in [0.2, 0.25) is 5.02 Å². The van der Waals surface area contributed by atoms with Crippen LogP contribution in [-0.4, -0.2) is 41.8 Å². The largest absolute Gasteiger partial charge is 0.405 e. The highest BCUT2D eigenvalue weighted by Gasteiger charge is 2.52. The van der Waals surface area contributed by atoms with Crippen LogP contribution in [0, 0.1) is 18.8 Å². The number of amides is 1. The SMILES string of the molecule is Cc1nc2oc(N)nc2cc1[C@@H]1[C@H](C)C2CC(C2)N1C(=O)c1cc(Cl)ccc1-n1nccn1. The van der Waals surface area contributed by atoms with Gasteiger partial charge in [-0.3, -0.25) is 4.79 Å². The maximum absolute atomic E-state index is 14.1. The molecule has 2 saturated heterocycles. The van der Waals surface area contributed by atoms with Gasteiger partial charge in [0, 0.05) is 16.8 Å². The molecule has 10 heteroatoms. The minimum Gasteiger partial charge on any atom is -0.405 e. The standard InChI is InChI=1S/C23H22ClN7O2/c1-11-13-7-15(8-13)30(20(11)16-10-18-21(28-12(16)2)33-23(25)29-18)22(32)17-9-14(24)3-4-19(17)31-26-5-6-27-31/h3-6,9-11,13,15,20H,7-8H2,1-2H3,(H2,25,29)/t11-,13?,15?,20+/m1/s1. The number of halogens is 1. The number of aromatic nitrogens is 5. The molecule has 1 saturated carbocycles. The summed E-state index contributed by atoms with van der Waals surface area (Å²) in [5, 5.41) is 8.94. The van der Waals surface area contributed by atoms with E-state index in [-0.39, 0.29) is 29.9 Å². The van der Waals surface area contributed by atoms with Crippen molar-refractivity contribution < 1.29 is 9.21 Å². The molecular weight excluding hydrogens is 442 g/mol. The molecule has 1 aromatic carbocycles. The van der Waals surface area contributed by atoms with Gasteiger partial charge >= 0.3 is 0 Å². The van der Waals surface area contributed by atoms with Gasteiger partial charge in [0.05, 0.1) is 29.7 Å². The first-order chi connectivity index (χ1) is 15.9. The van der Waals surface area contributed by atoms with Crippen LogP contribution < -0.4 is 5.73 Å². The number of piperidine rings is 2. The molecule has 1 aliphatic carbocycles. The Labute approximate surface area is 194 Å². The summed E-state index contributed by atoms with van der Waals surface area (Å²) < 4.78 is 5.41. The van der Waals surface area contributed by atoms with E-state index < -0.39 is 0 Å². The highest BCUT2D eigenvalue weighted by atomic mass is 35.5. The summed E-state index contributed by atoms with van der Waals surface area (Å²) in [4.78, 5) is 26.4. The van der Waals surface area contributed by atoms with Crippen LogP contribution in [0.1, 0.15) is 47.4 Å². The number of hydrogen-bond acceptors (Lipinski definition) is 7. The number of rotatable bonds is 3. The molecule has 5 heterocycles. The van der Waals surface area contributed by atoms with Crippen molar-refractivity contribution >= 4 is 34.8 Å². The van der Waals surface area contributed by atoms with Crippen LogP contribution in [0.4, 0.5) is 6.01 Å². The molecule has 3 fully saturated rings. The van der Waals surface area contributed by atoms with Crippen LogP contribution in [0.15, 0.2) is 41.1 Å². The zero-order valence-electron chi connectivity index (χ0n) is 18.1. The van der Waals surface area contributed by atoms with Crippen LogP contribution in [0.25, 0.3) is 16.9 Å². The molecule has 9 nitrogen and oxygen atoms in total. The molecule has 2 N–H and O–H groups in total. The summed E-state index contributed by atoms with van der Waals surface area (Å²) in [6.07, 6.45) is 5.15. The van der Waals surface area contributed by atoms with Gasteiger partial charge in [-0.25, -0.2) is 4.98 Å². The molecule has 0 unspecified atom stereocenters. The molecule has 3 aliphatic rings. The Bertz CT molecular complexity index is 1380. The van der Waals surface area contributed by atoms with E-state index in [0.29, 0.717) is 33.4 Å². The highest BCUT2D eigenvalue weighted by Crippen LogP contribution is 2.53. The fraction of sp³-hybridized carbons (Fsp3) is 0.348. The lowest BCUT2D eigenvalue weighted by Gasteiger charge is -2.57. The molecule has 0 spiro atoms. The Balaban J connectivity index is 1.48. The number of anilines is 1. The van der Waals surface area contributed by atoms with Gasteiger partial charge in [0.1, 0.15) is 5.52 Å². The molecule has 3 aromatic heterocycles. The number of hydrogen-bond donors (Lipinski definition) is 1. The first kappa shape index (κ1) is 20.2. The number of nitrogens with two attached hydrogens (primary N) is 1. The number of pyridine rings is 1. The predicted octanol–water partition coefficient (Wildman–Crippen LogP) is 3.96. The summed E-state index contributed by atoms with van der Waals surface area (Å²) in [5.41, 5.74) is 9.57. The van der Waals surface area contributed by atoms with E-state index in [1.807, 2.05) is 17.9 Å². The number of nitrogen functional groups attached to an aromatic ring is 1. The van der Waals surface area contributed by atoms with Crippen molar-refractivity contribution in [1.29, 1.82) is 0 Å². The van der Waals surface area contributed by atoms with E-state index >= 15 is 0 Å². The maximum Gasteiger partial charge on any atom is 0.294 e. The quantitative estimate of drug-likeness (QED) is 0.488. The number of carbonyl (C=O) groups excluding carboxylic acids is 1. The zero-order valence-corrected chi connectivity index (χ0v) is 18.9. The zero-order chi connectivity index (χ0) is 22.9. The van der Waals surface area contributed by atoms with Crippen molar-refractivity contribution in [3.05, 3.63) is 58.5 Å². The van der Waals surface area contributed by atoms with E-state index in [0.717, 1.165) is 24.1 Å². The maximum atomic E-state index is 14.1. The van der Waals surface area contributed by atoms with Gasteiger partial charge in [-0.05, 0) is 61.4 Å². The Morgan fingerprint density at radius 3 is 2.70 bits per heavy atom. The summed E-state index contributed by atoms with van der Waals surface area (Å²) in [6.45, 7) is 4.14. The number of nitrogens with zero attached hydrogens (tertiary/aromatic N) is 6. The fourth-order valence-electron chi connectivity index (χ4n) is 5.37. The predicted molar refractivity (Wildman–Crippen MR) is 122 cm³/mol. The highest BCUT2D eigenvalue weighted by molar-refractivity contribution is 6.31. The third-order valence-corrected chi connectivity index (χ3v) is 7.33. The summed E-state index contributed by atoms with van der Waals surface area (Å²) in [5.74, 6) is 0.726. The summed E-state index contributed by atoms with van der Waals surface area (Å²) >= 11 is 6.32. The second kappa shape index (κ2) is 7.28. The number of fused-ring (bicyclic) bond motifs is 3. The van der Waals surface area contributed by atoms with Gasteiger partial charge in [-0.15, -0.1) is 0 Å². The van der Waals surface area contributed by atoms with Crippen LogP contribution in [-0.2, 0) is 0 Å². The molecule has 7 rings (SSSR count). The Kier molecular flexibility index (Phi) is 4.45. The van der Waals surface area contributed by atoms with Crippen molar-refractivity contribution in [3.63, 3.8) is 0 Å². The average molecular weight is 464 g/mol. The van der Waals surface area contributed by atoms with E-state index in [2.05, 4.69) is 27.1 Å². The molecule has 4 aromatic rings. The molecule has 2 atom stereocenters. The lowest BCUT2D eigenvalue weighted by atomic mass is 9.63. The number of carbonyl (C=O) groups is 1. The Hall–Kier alpha value is -3.46. The molecular formula is C23H22ClN7O2. The monoisotopic (exact) mass is 463 g/mol.